The van der Waals surface area contributed by atoms with E-state index >= 15 is 0 Å². The van der Waals surface area contributed by atoms with Gasteiger partial charge in [-0.3, -0.25) is 0 Å². The van der Waals surface area contributed by atoms with Crippen molar-refractivity contribution in [1.29, 1.82) is 0 Å². The van der Waals surface area contributed by atoms with Gasteiger partial charge in [-0.2, -0.15) is 14.7 Å². The van der Waals surface area contributed by atoms with Crippen molar-refractivity contribution in [3.05, 3.63) is 89.5 Å². The smallest absolute Gasteiger partial charge is 0.338 e. The first kappa shape index (κ1) is 42.5. The first-order valence-electron chi connectivity index (χ1n) is 15.1. The van der Waals surface area contributed by atoms with Gasteiger partial charge < -0.3 is 52.1 Å². The van der Waals surface area contributed by atoms with E-state index in [1.807, 2.05) is 0 Å². The van der Waals surface area contributed by atoms with E-state index in [4.69, 9.17) is 52.1 Å². The van der Waals surface area contributed by atoms with Gasteiger partial charge in [0, 0.05) is 0 Å². The van der Waals surface area contributed by atoms with Crippen LogP contribution in [0.25, 0.3) is 0 Å². The number of esters is 3. The molecule has 242 valence electrons. The van der Waals surface area contributed by atoms with Crippen molar-refractivity contribution in [2.75, 3.05) is 19.8 Å². The summed E-state index contributed by atoms with van der Waals surface area (Å²) in [6.45, 7) is 8.79. The van der Waals surface area contributed by atoms with Crippen LogP contribution in [0.1, 0.15) is 97.3 Å². The van der Waals surface area contributed by atoms with Gasteiger partial charge in [0.2, 0.25) is 0 Å². The second-order valence-corrected chi connectivity index (χ2v) is 12.1. The Morgan fingerprint density at radius 2 is 0.756 bits per heavy atom. The predicted molar refractivity (Wildman–Crippen MR) is 188 cm³/mol. The molecule has 0 atom stereocenters. The van der Waals surface area contributed by atoms with Gasteiger partial charge in [0.05, 0.1) is 36.5 Å². The monoisotopic (exact) mass is 776 g/mol. The van der Waals surface area contributed by atoms with Crippen LogP contribution in [-0.2, 0) is 52.1 Å². The zero-order valence-corrected chi connectivity index (χ0v) is 32.0. The van der Waals surface area contributed by atoms with Gasteiger partial charge in [-0.15, -0.1) is 0 Å². The zero-order valence-electron chi connectivity index (χ0n) is 26.7. The minimum absolute atomic E-state index is 0.299. The molecule has 0 aliphatic rings. The third kappa shape index (κ3) is 21.8. The fourth-order valence-electron chi connectivity index (χ4n) is 3.32. The molecule has 0 aliphatic heterocycles. The number of unbranched alkanes of at least 4 members (excludes halogenated alkanes) is 5. The zero-order chi connectivity index (χ0) is 33.9. The molecule has 10 heteroatoms. The van der Waals surface area contributed by atoms with Crippen LogP contribution in [0.5, 0.6) is 0 Å². The summed E-state index contributed by atoms with van der Waals surface area (Å²) in [5.41, 5.74) is 1.64. The van der Waals surface area contributed by atoms with E-state index in [0.29, 0.717) is 36.5 Å². The Balaban J connectivity index is 0.000000578. The van der Waals surface area contributed by atoms with E-state index < -0.39 is 0 Å². The van der Waals surface area contributed by atoms with Crippen LogP contribution in [-0.4, -0.2) is 60.3 Å². The van der Waals surface area contributed by atoms with E-state index in [1.165, 1.54) is 43.0 Å². The van der Waals surface area contributed by atoms with Crippen molar-refractivity contribution in [2.45, 2.75) is 85.3 Å². The van der Waals surface area contributed by atoms with Crippen molar-refractivity contribution < 1.29 is 28.6 Å². The van der Waals surface area contributed by atoms with Gasteiger partial charge >= 0.3 is 90.3 Å². The quantitative estimate of drug-likeness (QED) is 0.0595. The Morgan fingerprint density at radius 3 is 1.00 bits per heavy atom. The summed E-state index contributed by atoms with van der Waals surface area (Å²) in [6.07, 6.45) is 8.71. The Labute approximate surface area is 299 Å². The molecule has 0 aromatic heterocycles. The molecule has 0 saturated carbocycles. The second-order valence-electron chi connectivity index (χ2n) is 9.25. The molecule has 0 heterocycles. The van der Waals surface area contributed by atoms with E-state index in [0.717, 1.165) is 14.7 Å². The summed E-state index contributed by atoms with van der Waals surface area (Å²) in [7, 11) is 0. The van der Waals surface area contributed by atoms with Crippen LogP contribution < -0.4 is 0 Å². The first-order valence-corrected chi connectivity index (χ1v) is 18.3. The number of hydrogen-bond donors (Lipinski definition) is 0. The summed E-state index contributed by atoms with van der Waals surface area (Å²) >= 11 is 16.3. The van der Waals surface area contributed by atoms with Crippen molar-refractivity contribution in [2.24, 2.45) is 0 Å². The Kier molecular flexibility index (Phi) is 26.3. The molecule has 0 aliphatic carbocycles. The standard InChI is InChI=1S/3C9H10O2S.C8H17.Sn/c3*1-2-11-9(10)7-3-5-8(12)6-4-7;1-3-5-7-8-6-4-2;/h3*3-6,12H,2H2,1H3;1,3-8H2,2H3;/q;;;;+3/p-3. The topological polar surface area (TPSA) is 78.9 Å². The minimum Gasteiger partial charge on any atom is -0.780 e. The van der Waals surface area contributed by atoms with Crippen LogP contribution in [0.2, 0.25) is 4.44 Å². The molecule has 3 aromatic rings. The fraction of sp³-hybridized carbons (Fsp3) is 0.400. The fourth-order valence-corrected chi connectivity index (χ4v) is 4.44. The molecule has 0 amide bonds. The molecule has 0 unspecified atom stereocenters. The molecule has 45 heavy (non-hydrogen) atoms. The summed E-state index contributed by atoms with van der Waals surface area (Å²) < 4.78 is 15.8. The number of ether oxygens (including phenoxy) is 3. The SMILES string of the molecule is CCCCCCC[CH2][Sn+3].CCOC(=O)c1ccc([S-])cc1.CCOC(=O)c1ccc([S-])cc1.CCOC(=O)c1ccc([S-])cc1. The number of carbonyl (C=O) groups excluding carboxylic acids is 3. The van der Waals surface area contributed by atoms with Crippen molar-refractivity contribution in [3.63, 3.8) is 0 Å². The average Bonchev–Trinajstić information content (AvgIpc) is 3.03. The molecule has 0 radical (unpaired) electrons. The summed E-state index contributed by atoms with van der Waals surface area (Å²) in [5.74, 6) is -0.896. The molecule has 0 spiro atoms. The summed E-state index contributed by atoms with van der Waals surface area (Å²) in [6, 6.07) is 20.3. The maximum absolute atomic E-state index is 11.1. The second kappa shape index (κ2) is 27.8. The molecule has 0 bridgehead atoms. The summed E-state index contributed by atoms with van der Waals surface area (Å²) in [5, 5.41) is 0. The Morgan fingerprint density at radius 1 is 0.489 bits per heavy atom. The molecule has 3 aromatic carbocycles. The van der Waals surface area contributed by atoms with Crippen molar-refractivity contribution in [3.8, 4) is 0 Å². The van der Waals surface area contributed by atoms with E-state index in [9.17, 15) is 14.4 Å². The third-order valence-corrected chi connectivity index (χ3v) is 7.45. The van der Waals surface area contributed by atoms with Crippen LogP contribution in [0, 0.1) is 0 Å². The molecule has 3 rings (SSSR count). The normalized spacial score (nSPS) is 9.56. The molecular formula is C35H44O6S3Sn. The summed E-state index contributed by atoms with van der Waals surface area (Å²) in [4.78, 5) is 35.5. The third-order valence-electron chi connectivity index (χ3n) is 5.63. The van der Waals surface area contributed by atoms with E-state index in [-0.39, 0.29) is 17.9 Å². The Hall–Kier alpha value is -2.47. The van der Waals surface area contributed by atoms with Crippen LogP contribution >= 0.6 is 0 Å². The number of rotatable bonds is 12. The van der Waals surface area contributed by atoms with Gasteiger partial charge in [-0.25, -0.2) is 14.4 Å². The molecule has 0 fully saturated rings. The van der Waals surface area contributed by atoms with Crippen LogP contribution in [0.15, 0.2) is 87.5 Å². The van der Waals surface area contributed by atoms with Crippen molar-refractivity contribution >= 4 is 78.3 Å². The van der Waals surface area contributed by atoms with Gasteiger partial charge in [0.25, 0.3) is 0 Å². The molecular weight excluding hydrogens is 731 g/mol. The number of hydrogen-bond acceptors (Lipinski definition) is 9. The van der Waals surface area contributed by atoms with E-state index in [1.54, 1.807) is 116 Å². The number of carbonyl (C=O) groups is 3. The van der Waals surface area contributed by atoms with Crippen LogP contribution in [0.3, 0.4) is 0 Å². The maximum Gasteiger partial charge on any atom is 0.338 e. The first-order chi connectivity index (χ1) is 21.6. The largest absolute Gasteiger partial charge is 0.780 e. The molecule has 0 N–H and O–H groups in total. The van der Waals surface area contributed by atoms with Gasteiger partial charge in [-0.1, -0.05) is 36.4 Å². The number of benzene rings is 3. The maximum atomic E-state index is 11.1. The Bertz CT molecular complexity index is 1060. The minimum atomic E-state index is -0.299. The van der Waals surface area contributed by atoms with Crippen molar-refractivity contribution in [1.82, 2.24) is 0 Å². The van der Waals surface area contributed by atoms with Gasteiger partial charge in [0.1, 0.15) is 0 Å². The van der Waals surface area contributed by atoms with E-state index in [2.05, 4.69) is 6.92 Å². The van der Waals surface area contributed by atoms with Crippen LogP contribution in [0.4, 0.5) is 0 Å². The molecule has 0 saturated heterocycles. The van der Waals surface area contributed by atoms with Gasteiger partial charge in [0.15, 0.2) is 0 Å². The predicted octanol–water partition coefficient (Wildman–Crippen LogP) is 8.24. The molecule has 6 nitrogen and oxygen atoms in total. The van der Waals surface area contributed by atoms with Gasteiger partial charge in [-0.05, 0) is 57.2 Å². The average molecular weight is 776 g/mol.